The molecule has 0 saturated heterocycles. The van der Waals surface area contributed by atoms with Gasteiger partial charge in [0.25, 0.3) is 0 Å². The second-order valence-corrected chi connectivity index (χ2v) is 6.83. The molecule has 124 valence electrons. The third kappa shape index (κ3) is 5.14. The summed E-state index contributed by atoms with van der Waals surface area (Å²) in [7, 11) is 1.52. The number of carbonyl (C=O) groups is 2. The number of aliphatic hydroxyl groups excluding tert-OH is 1. The van der Waals surface area contributed by atoms with Gasteiger partial charge in [0.05, 0.1) is 13.2 Å². The molecule has 0 aliphatic carbocycles. The van der Waals surface area contributed by atoms with E-state index in [2.05, 4.69) is 10.6 Å². The molecule has 23 heavy (non-hydrogen) atoms. The van der Waals surface area contributed by atoms with Gasteiger partial charge in [0, 0.05) is 28.3 Å². The zero-order valence-corrected chi connectivity index (χ0v) is 14.2. The van der Waals surface area contributed by atoms with Gasteiger partial charge in [0.2, 0.25) is 0 Å². The number of hydrogen-bond acceptors (Lipinski definition) is 6. The Labute approximate surface area is 142 Å². The normalized spacial score (nSPS) is 11.9. The molecule has 0 radical (unpaired) electrons. The molecule has 0 aromatic carbocycles. The highest BCUT2D eigenvalue weighted by Gasteiger charge is 2.16. The number of thiophene rings is 2. The van der Waals surface area contributed by atoms with E-state index in [0.29, 0.717) is 13.2 Å². The highest BCUT2D eigenvalue weighted by atomic mass is 32.1. The predicted molar refractivity (Wildman–Crippen MR) is 89.4 cm³/mol. The Morgan fingerprint density at radius 3 is 2.70 bits per heavy atom. The van der Waals surface area contributed by atoms with E-state index in [4.69, 9.17) is 4.74 Å². The number of methoxy groups -OCH3 is 1. The van der Waals surface area contributed by atoms with Gasteiger partial charge in [-0.15, -0.1) is 22.7 Å². The second-order valence-electron chi connectivity index (χ2n) is 4.65. The fraction of sp³-hybridized carbons (Fsp3) is 0.333. The molecular formula is C15H18N2O4S2. The lowest BCUT2D eigenvalue weighted by molar-refractivity contribution is -0.139. The Kier molecular flexibility index (Phi) is 6.72. The smallest absolute Gasteiger partial charge is 0.309 e. The van der Waals surface area contributed by atoms with Crippen LogP contribution >= 0.6 is 22.7 Å². The molecule has 1 unspecified atom stereocenters. The molecule has 8 heteroatoms. The maximum atomic E-state index is 11.6. The van der Waals surface area contributed by atoms with Gasteiger partial charge in [-0.2, -0.15) is 0 Å². The molecule has 0 spiro atoms. The topological polar surface area (TPSA) is 87.7 Å². The Bertz CT molecular complexity index is 640. The third-order valence-corrected chi connectivity index (χ3v) is 5.05. The quantitative estimate of drug-likeness (QED) is 0.516. The number of aliphatic hydroxyl groups is 1. The van der Waals surface area contributed by atoms with Crippen LogP contribution in [-0.2, 0) is 20.9 Å². The zero-order valence-electron chi connectivity index (χ0n) is 12.6. The monoisotopic (exact) mass is 354 g/mol. The van der Waals surface area contributed by atoms with Crippen LogP contribution in [0.15, 0.2) is 29.6 Å². The minimum Gasteiger partial charge on any atom is -0.383 e. The van der Waals surface area contributed by atoms with Gasteiger partial charge in [-0.05, 0) is 23.6 Å². The van der Waals surface area contributed by atoms with Gasteiger partial charge >= 0.3 is 11.8 Å². The van der Waals surface area contributed by atoms with Gasteiger partial charge in [-0.25, -0.2) is 0 Å². The first-order chi connectivity index (χ1) is 11.1. The molecule has 0 bridgehead atoms. The van der Waals surface area contributed by atoms with E-state index in [9.17, 15) is 14.7 Å². The average Bonchev–Trinajstić information content (AvgIpc) is 3.23. The maximum Gasteiger partial charge on any atom is 0.309 e. The number of amides is 2. The molecule has 0 saturated carbocycles. The number of ether oxygens (including phenoxy) is 1. The van der Waals surface area contributed by atoms with Gasteiger partial charge in [-0.1, -0.05) is 6.07 Å². The molecular weight excluding hydrogens is 336 g/mol. The molecule has 2 aromatic heterocycles. The SMILES string of the molecule is COCCNC(=O)C(=O)NCc1ccc(C(O)c2cccs2)s1. The van der Waals surface area contributed by atoms with Crippen molar-refractivity contribution in [2.75, 3.05) is 20.3 Å². The molecule has 2 aromatic rings. The molecule has 2 heterocycles. The van der Waals surface area contributed by atoms with Crippen LogP contribution in [0.25, 0.3) is 0 Å². The molecule has 2 rings (SSSR count). The minimum absolute atomic E-state index is 0.248. The standard InChI is InChI=1S/C15H18N2O4S2/c1-21-7-6-16-14(19)15(20)17-9-10-4-5-12(23-10)13(18)11-3-2-8-22-11/h2-5,8,13,18H,6-7,9H2,1H3,(H,16,19)(H,17,20). The van der Waals surface area contributed by atoms with E-state index in [-0.39, 0.29) is 6.54 Å². The Balaban J connectivity index is 1.82. The van der Waals surface area contributed by atoms with Crippen molar-refractivity contribution in [3.8, 4) is 0 Å². The summed E-state index contributed by atoms with van der Waals surface area (Å²) < 4.78 is 4.79. The first-order valence-electron chi connectivity index (χ1n) is 6.97. The molecule has 3 N–H and O–H groups in total. The highest BCUT2D eigenvalue weighted by Crippen LogP contribution is 2.30. The Morgan fingerprint density at radius 1 is 1.22 bits per heavy atom. The summed E-state index contributed by atoms with van der Waals surface area (Å²) in [6.45, 7) is 0.894. The fourth-order valence-corrected chi connectivity index (χ4v) is 3.58. The van der Waals surface area contributed by atoms with Crippen molar-refractivity contribution in [3.63, 3.8) is 0 Å². The molecule has 0 fully saturated rings. The summed E-state index contributed by atoms with van der Waals surface area (Å²) in [5.74, 6) is -1.37. The van der Waals surface area contributed by atoms with Gasteiger partial charge in [-0.3, -0.25) is 9.59 Å². The second kappa shape index (κ2) is 8.78. The largest absolute Gasteiger partial charge is 0.383 e. The zero-order chi connectivity index (χ0) is 16.7. The van der Waals surface area contributed by atoms with Crippen LogP contribution in [0.4, 0.5) is 0 Å². The summed E-state index contributed by atoms with van der Waals surface area (Å²) in [5.41, 5.74) is 0. The van der Waals surface area contributed by atoms with Crippen LogP contribution in [0.1, 0.15) is 20.7 Å². The minimum atomic E-state index is -0.685. The Morgan fingerprint density at radius 2 is 2.00 bits per heavy atom. The van der Waals surface area contributed by atoms with E-state index in [1.54, 1.807) is 0 Å². The van der Waals surface area contributed by atoms with Crippen LogP contribution in [0, 0.1) is 0 Å². The average molecular weight is 354 g/mol. The summed E-state index contributed by atoms with van der Waals surface area (Å²) >= 11 is 2.90. The van der Waals surface area contributed by atoms with Crippen molar-refractivity contribution in [1.82, 2.24) is 10.6 Å². The third-order valence-electron chi connectivity index (χ3n) is 2.99. The maximum absolute atomic E-state index is 11.6. The van der Waals surface area contributed by atoms with E-state index in [1.807, 2.05) is 29.6 Å². The lowest BCUT2D eigenvalue weighted by Gasteiger charge is -2.06. The first-order valence-corrected chi connectivity index (χ1v) is 8.66. The number of hydrogen-bond donors (Lipinski definition) is 3. The van der Waals surface area contributed by atoms with Gasteiger partial charge in [0.1, 0.15) is 6.10 Å². The van der Waals surface area contributed by atoms with Gasteiger partial charge in [0.15, 0.2) is 0 Å². The van der Waals surface area contributed by atoms with Crippen LogP contribution in [0.3, 0.4) is 0 Å². The van der Waals surface area contributed by atoms with Crippen molar-refractivity contribution in [1.29, 1.82) is 0 Å². The Hall–Kier alpha value is -1.74. The molecule has 2 amide bonds. The van der Waals surface area contributed by atoms with Crippen molar-refractivity contribution < 1.29 is 19.4 Å². The number of rotatable bonds is 7. The van der Waals surface area contributed by atoms with Crippen LogP contribution < -0.4 is 10.6 Å². The summed E-state index contributed by atoms with van der Waals surface area (Å²) in [5, 5.41) is 17.2. The van der Waals surface area contributed by atoms with E-state index in [0.717, 1.165) is 14.6 Å². The van der Waals surface area contributed by atoms with E-state index >= 15 is 0 Å². The summed E-state index contributed by atoms with van der Waals surface area (Å²) in [6.07, 6.45) is -0.651. The molecule has 0 aliphatic rings. The summed E-state index contributed by atoms with van der Waals surface area (Å²) in [6, 6.07) is 7.43. The van der Waals surface area contributed by atoms with Crippen LogP contribution in [-0.4, -0.2) is 37.2 Å². The number of nitrogens with one attached hydrogen (secondary N) is 2. The lowest BCUT2D eigenvalue weighted by atomic mass is 10.2. The molecule has 1 atom stereocenters. The lowest BCUT2D eigenvalue weighted by Crippen LogP contribution is -2.40. The predicted octanol–water partition coefficient (Wildman–Crippen LogP) is 1.27. The van der Waals surface area contributed by atoms with Crippen molar-refractivity contribution >= 4 is 34.5 Å². The first kappa shape index (κ1) is 17.6. The van der Waals surface area contributed by atoms with E-state index < -0.39 is 17.9 Å². The van der Waals surface area contributed by atoms with Crippen molar-refractivity contribution in [2.45, 2.75) is 12.6 Å². The van der Waals surface area contributed by atoms with Crippen LogP contribution in [0.2, 0.25) is 0 Å². The van der Waals surface area contributed by atoms with E-state index in [1.165, 1.54) is 29.8 Å². The number of carbonyl (C=O) groups excluding carboxylic acids is 2. The molecule has 6 nitrogen and oxygen atoms in total. The molecule has 0 aliphatic heterocycles. The van der Waals surface area contributed by atoms with Gasteiger partial charge < -0.3 is 20.5 Å². The van der Waals surface area contributed by atoms with Crippen LogP contribution in [0.5, 0.6) is 0 Å². The highest BCUT2D eigenvalue weighted by molar-refractivity contribution is 7.12. The van der Waals surface area contributed by atoms with Crippen molar-refractivity contribution in [3.05, 3.63) is 44.3 Å². The summed E-state index contributed by atoms with van der Waals surface area (Å²) in [4.78, 5) is 25.7. The fourth-order valence-electron chi connectivity index (χ4n) is 1.82. The van der Waals surface area contributed by atoms with Crippen molar-refractivity contribution in [2.24, 2.45) is 0 Å².